The maximum absolute atomic E-state index is 11.5. The van der Waals surface area contributed by atoms with Gasteiger partial charge in [0, 0.05) is 6.42 Å². The zero-order chi connectivity index (χ0) is 13.4. The first-order valence-electron chi connectivity index (χ1n) is 6.52. The zero-order valence-electron chi connectivity index (χ0n) is 10.6. The Morgan fingerprint density at radius 2 is 1.56 bits per heavy atom. The summed E-state index contributed by atoms with van der Waals surface area (Å²) in [4.78, 5) is 22.0. The Balaban J connectivity index is 2.62. The lowest BCUT2D eigenvalue weighted by molar-refractivity contribution is -0.147. The molecule has 1 saturated heterocycles. The molecular formula is C12H22N2O4. The summed E-state index contributed by atoms with van der Waals surface area (Å²) in [5.41, 5.74) is -1.17. The van der Waals surface area contributed by atoms with Crippen molar-refractivity contribution in [3.63, 3.8) is 0 Å². The molecule has 0 spiro atoms. The largest absolute Gasteiger partial charge is 0.481 e. The van der Waals surface area contributed by atoms with Crippen LogP contribution in [0, 0.1) is 0 Å². The van der Waals surface area contributed by atoms with Crippen LogP contribution in [-0.2, 0) is 9.59 Å². The van der Waals surface area contributed by atoms with Gasteiger partial charge < -0.3 is 10.2 Å². The number of rotatable bonds is 5. The Kier molecular flexibility index (Phi) is 6.07. The lowest BCUT2D eigenvalue weighted by atomic mass is 10.0. The molecule has 0 bridgehead atoms. The SMILES string of the molecule is O=C(O)CCCC1(C(=O)O)NCCCCCCN1. The molecule has 18 heavy (non-hydrogen) atoms. The van der Waals surface area contributed by atoms with Crippen LogP contribution in [-0.4, -0.2) is 40.9 Å². The van der Waals surface area contributed by atoms with E-state index >= 15 is 0 Å². The van der Waals surface area contributed by atoms with Crippen LogP contribution in [0.2, 0.25) is 0 Å². The van der Waals surface area contributed by atoms with Crippen molar-refractivity contribution in [2.24, 2.45) is 0 Å². The number of carboxylic acids is 2. The summed E-state index contributed by atoms with van der Waals surface area (Å²) in [6.45, 7) is 1.29. The van der Waals surface area contributed by atoms with Crippen LogP contribution in [0.1, 0.15) is 44.9 Å². The minimum absolute atomic E-state index is 0.00160. The highest BCUT2D eigenvalue weighted by molar-refractivity contribution is 5.78. The Morgan fingerprint density at radius 3 is 2.00 bits per heavy atom. The molecule has 1 aliphatic rings. The van der Waals surface area contributed by atoms with E-state index in [-0.39, 0.29) is 12.8 Å². The van der Waals surface area contributed by atoms with Crippen LogP contribution in [0.5, 0.6) is 0 Å². The minimum atomic E-state index is -1.17. The van der Waals surface area contributed by atoms with Gasteiger partial charge in [-0.15, -0.1) is 0 Å². The highest BCUT2D eigenvalue weighted by atomic mass is 16.4. The van der Waals surface area contributed by atoms with E-state index in [1.807, 2.05) is 0 Å². The molecule has 1 rings (SSSR count). The Bertz CT molecular complexity index is 284. The van der Waals surface area contributed by atoms with E-state index in [1.54, 1.807) is 0 Å². The lowest BCUT2D eigenvalue weighted by Crippen LogP contribution is -2.62. The third-order valence-corrected chi connectivity index (χ3v) is 3.26. The molecule has 0 aliphatic carbocycles. The van der Waals surface area contributed by atoms with E-state index < -0.39 is 17.6 Å². The Labute approximate surface area is 107 Å². The average Bonchev–Trinajstić information content (AvgIpc) is 2.41. The molecule has 1 aliphatic heterocycles. The number of carbonyl (C=O) groups is 2. The monoisotopic (exact) mass is 258 g/mol. The normalized spacial score (nSPS) is 20.4. The fourth-order valence-electron chi connectivity index (χ4n) is 2.21. The molecule has 1 heterocycles. The third-order valence-electron chi connectivity index (χ3n) is 3.26. The quantitative estimate of drug-likeness (QED) is 0.581. The van der Waals surface area contributed by atoms with E-state index in [9.17, 15) is 14.7 Å². The van der Waals surface area contributed by atoms with Crippen molar-refractivity contribution in [1.29, 1.82) is 0 Å². The van der Waals surface area contributed by atoms with Crippen LogP contribution >= 0.6 is 0 Å². The van der Waals surface area contributed by atoms with Gasteiger partial charge in [0.05, 0.1) is 0 Å². The molecule has 0 aromatic heterocycles. The van der Waals surface area contributed by atoms with Crippen molar-refractivity contribution in [2.75, 3.05) is 13.1 Å². The molecule has 0 aromatic carbocycles. The Hall–Kier alpha value is -1.14. The van der Waals surface area contributed by atoms with Gasteiger partial charge in [-0.25, -0.2) is 4.79 Å². The van der Waals surface area contributed by atoms with E-state index in [0.29, 0.717) is 19.5 Å². The van der Waals surface area contributed by atoms with Crippen LogP contribution in [0.4, 0.5) is 0 Å². The highest BCUT2D eigenvalue weighted by Crippen LogP contribution is 2.15. The fourth-order valence-corrected chi connectivity index (χ4v) is 2.21. The van der Waals surface area contributed by atoms with Crippen LogP contribution < -0.4 is 10.6 Å². The molecule has 104 valence electrons. The first kappa shape index (κ1) is 14.9. The maximum Gasteiger partial charge on any atom is 0.338 e. The van der Waals surface area contributed by atoms with Gasteiger partial charge in [0.1, 0.15) is 0 Å². The van der Waals surface area contributed by atoms with E-state index in [0.717, 1.165) is 25.7 Å². The smallest absolute Gasteiger partial charge is 0.338 e. The van der Waals surface area contributed by atoms with E-state index in [2.05, 4.69) is 10.6 Å². The van der Waals surface area contributed by atoms with Gasteiger partial charge in [0.25, 0.3) is 0 Å². The molecule has 0 saturated carbocycles. The molecule has 0 aromatic rings. The van der Waals surface area contributed by atoms with Crippen LogP contribution in [0.3, 0.4) is 0 Å². The average molecular weight is 258 g/mol. The molecule has 6 heteroatoms. The first-order valence-corrected chi connectivity index (χ1v) is 6.52. The van der Waals surface area contributed by atoms with Crippen molar-refractivity contribution in [2.45, 2.75) is 50.6 Å². The third kappa shape index (κ3) is 4.62. The van der Waals surface area contributed by atoms with Gasteiger partial charge in [-0.1, -0.05) is 12.8 Å². The number of aliphatic carboxylic acids is 2. The molecule has 1 fully saturated rings. The molecule has 0 unspecified atom stereocenters. The lowest BCUT2D eigenvalue weighted by Gasteiger charge is -2.31. The Morgan fingerprint density at radius 1 is 1.00 bits per heavy atom. The van der Waals surface area contributed by atoms with Gasteiger partial charge in [0.15, 0.2) is 5.66 Å². The van der Waals surface area contributed by atoms with Crippen molar-refractivity contribution >= 4 is 11.9 Å². The van der Waals surface area contributed by atoms with Crippen molar-refractivity contribution < 1.29 is 19.8 Å². The first-order chi connectivity index (χ1) is 8.57. The van der Waals surface area contributed by atoms with Crippen LogP contribution in [0.15, 0.2) is 0 Å². The number of carboxylic acid groups (broad SMARTS) is 2. The second-order valence-electron chi connectivity index (χ2n) is 4.73. The highest BCUT2D eigenvalue weighted by Gasteiger charge is 2.37. The molecular weight excluding hydrogens is 236 g/mol. The summed E-state index contributed by atoms with van der Waals surface area (Å²) in [5, 5.41) is 24.1. The van der Waals surface area contributed by atoms with Crippen LogP contribution in [0.25, 0.3) is 0 Å². The molecule has 0 radical (unpaired) electrons. The minimum Gasteiger partial charge on any atom is -0.481 e. The second kappa shape index (κ2) is 7.33. The maximum atomic E-state index is 11.5. The van der Waals surface area contributed by atoms with Gasteiger partial charge in [-0.05, 0) is 38.8 Å². The number of hydrogen-bond acceptors (Lipinski definition) is 4. The molecule has 0 amide bonds. The predicted octanol–water partition coefficient (Wildman–Crippen LogP) is 0.775. The van der Waals surface area contributed by atoms with Crippen molar-refractivity contribution in [3.05, 3.63) is 0 Å². The predicted molar refractivity (Wildman–Crippen MR) is 66.3 cm³/mol. The number of hydrogen-bond donors (Lipinski definition) is 4. The summed E-state index contributed by atoms with van der Waals surface area (Å²) in [6.07, 6.45) is 4.74. The molecule has 4 N–H and O–H groups in total. The van der Waals surface area contributed by atoms with E-state index in [4.69, 9.17) is 5.11 Å². The van der Waals surface area contributed by atoms with Gasteiger partial charge >= 0.3 is 11.9 Å². The standard InChI is InChI=1S/C12H22N2O4/c15-10(16)6-5-7-12(11(17)18)13-8-3-1-2-4-9-14-12/h13-14H,1-9H2,(H,15,16)(H,17,18). The van der Waals surface area contributed by atoms with Gasteiger partial charge in [-0.3, -0.25) is 15.4 Å². The van der Waals surface area contributed by atoms with Crippen molar-refractivity contribution in [1.82, 2.24) is 10.6 Å². The van der Waals surface area contributed by atoms with E-state index in [1.165, 1.54) is 0 Å². The number of nitrogens with one attached hydrogen (secondary N) is 2. The fraction of sp³-hybridized carbons (Fsp3) is 0.833. The van der Waals surface area contributed by atoms with Gasteiger partial charge in [-0.2, -0.15) is 0 Å². The summed E-state index contributed by atoms with van der Waals surface area (Å²) in [7, 11) is 0. The molecule has 6 nitrogen and oxygen atoms in total. The summed E-state index contributed by atoms with van der Waals surface area (Å²) in [5.74, 6) is -1.84. The zero-order valence-corrected chi connectivity index (χ0v) is 10.6. The second-order valence-corrected chi connectivity index (χ2v) is 4.73. The summed E-state index contributed by atoms with van der Waals surface area (Å²) < 4.78 is 0. The molecule has 0 atom stereocenters. The topological polar surface area (TPSA) is 98.7 Å². The van der Waals surface area contributed by atoms with Crippen molar-refractivity contribution in [3.8, 4) is 0 Å². The van der Waals surface area contributed by atoms with Gasteiger partial charge in [0.2, 0.25) is 0 Å². The summed E-state index contributed by atoms with van der Waals surface area (Å²) in [6, 6.07) is 0. The summed E-state index contributed by atoms with van der Waals surface area (Å²) >= 11 is 0.